The van der Waals surface area contributed by atoms with E-state index in [1.54, 1.807) is 30.3 Å². The molecule has 0 spiro atoms. The van der Waals surface area contributed by atoms with Crippen LogP contribution in [0, 0.1) is 13.8 Å². The Labute approximate surface area is 137 Å². The predicted octanol–water partition coefficient (Wildman–Crippen LogP) is 2.71. The quantitative estimate of drug-likeness (QED) is 0.915. The fraction of sp³-hybridized carbons (Fsp3) is 0.235. The zero-order valence-electron chi connectivity index (χ0n) is 13.4. The summed E-state index contributed by atoms with van der Waals surface area (Å²) < 4.78 is 25.3. The van der Waals surface area contributed by atoms with Gasteiger partial charge in [0.25, 0.3) is 0 Å². The van der Waals surface area contributed by atoms with Gasteiger partial charge < -0.3 is 5.32 Å². The van der Waals surface area contributed by atoms with Crippen LogP contribution in [0.5, 0.6) is 0 Å². The number of aryl methyl sites for hydroxylation is 2. The molecule has 2 aromatic carbocycles. The summed E-state index contributed by atoms with van der Waals surface area (Å²) in [5.41, 5.74) is 2.99. The number of rotatable bonds is 5. The van der Waals surface area contributed by atoms with Gasteiger partial charge in [0.1, 0.15) is 6.54 Å². The van der Waals surface area contributed by atoms with Gasteiger partial charge in [-0.1, -0.05) is 35.9 Å². The second-order valence-corrected chi connectivity index (χ2v) is 7.38. The molecule has 0 aromatic heterocycles. The molecule has 0 aliphatic carbocycles. The molecule has 23 heavy (non-hydrogen) atoms. The van der Waals surface area contributed by atoms with Gasteiger partial charge in [-0.3, -0.25) is 9.10 Å². The first-order valence-electron chi connectivity index (χ1n) is 7.17. The number of hydrogen-bond donors (Lipinski definition) is 1. The Balaban J connectivity index is 2.25. The van der Waals surface area contributed by atoms with Gasteiger partial charge >= 0.3 is 0 Å². The molecule has 1 amide bonds. The van der Waals surface area contributed by atoms with Crippen LogP contribution in [-0.2, 0) is 14.8 Å². The molecule has 0 radical (unpaired) electrons. The van der Waals surface area contributed by atoms with Crippen LogP contribution < -0.4 is 9.62 Å². The van der Waals surface area contributed by atoms with Crippen LogP contribution in [0.4, 0.5) is 11.4 Å². The summed E-state index contributed by atoms with van der Waals surface area (Å²) in [6, 6.07) is 14.4. The number of benzene rings is 2. The van der Waals surface area contributed by atoms with Gasteiger partial charge in [0, 0.05) is 5.69 Å². The number of nitrogens with zero attached hydrogens (tertiary/aromatic N) is 1. The average molecular weight is 332 g/mol. The lowest BCUT2D eigenvalue weighted by Crippen LogP contribution is -2.37. The fourth-order valence-electron chi connectivity index (χ4n) is 2.32. The third kappa shape index (κ3) is 4.56. The van der Waals surface area contributed by atoms with Crippen LogP contribution in [0.1, 0.15) is 11.1 Å². The van der Waals surface area contributed by atoms with Gasteiger partial charge in [0.2, 0.25) is 15.9 Å². The van der Waals surface area contributed by atoms with E-state index in [4.69, 9.17) is 0 Å². The topological polar surface area (TPSA) is 66.5 Å². The number of para-hydroxylation sites is 1. The summed E-state index contributed by atoms with van der Waals surface area (Å²) in [5, 5.41) is 2.70. The van der Waals surface area contributed by atoms with Crippen molar-refractivity contribution in [1.29, 1.82) is 0 Å². The van der Waals surface area contributed by atoms with Crippen molar-refractivity contribution in [3.63, 3.8) is 0 Å². The first-order chi connectivity index (χ1) is 10.8. The van der Waals surface area contributed by atoms with E-state index in [1.807, 2.05) is 32.0 Å². The maximum atomic E-state index is 12.2. The lowest BCUT2D eigenvalue weighted by molar-refractivity contribution is -0.114. The number of anilines is 2. The first-order valence-corrected chi connectivity index (χ1v) is 9.02. The lowest BCUT2D eigenvalue weighted by Gasteiger charge is -2.24. The maximum absolute atomic E-state index is 12.2. The minimum Gasteiger partial charge on any atom is -0.325 e. The van der Waals surface area contributed by atoms with E-state index >= 15 is 0 Å². The minimum atomic E-state index is -3.57. The number of amides is 1. The zero-order valence-corrected chi connectivity index (χ0v) is 14.2. The normalized spacial score (nSPS) is 11.1. The number of nitrogens with one attached hydrogen (secondary N) is 1. The number of hydrogen-bond acceptors (Lipinski definition) is 3. The maximum Gasteiger partial charge on any atom is 0.245 e. The molecule has 5 nitrogen and oxygen atoms in total. The van der Waals surface area contributed by atoms with E-state index < -0.39 is 10.0 Å². The molecule has 0 unspecified atom stereocenters. The molecule has 0 saturated carbocycles. The van der Waals surface area contributed by atoms with E-state index in [0.717, 1.165) is 21.7 Å². The first kappa shape index (κ1) is 17.0. The van der Waals surface area contributed by atoms with Gasteiger partial charge in [-0.15, -0.1) is 0 Å². The zero-order chi connectivity index (χ0) is 17.0. The molecule has 0 aliphatic rings. The summed E-state index contributed by atoms with van der Waals surface area (Å²) in [7, 11) is -3.57. The van der Waals surface area contributed by atoms with Crippen LogP contribution in [0.15, 0.2) is 48.5 Å². The second kappa shape index (κ2) is 6.83. The standard InChI is InChI=1S/C17H20N2O3S/c1-13-9-10-16(14(2)11-13)19(23(3,21)22)12-17(20)18-15-7-5-4-6-8-15/h4-11H,12H2,1-3H3,(H,18,20). The van der Waals surface area contributed by atoms with E-state index in [-0.39, 0.29) is 12.5 Å². The molecule has 6 heteroatoms. The Kier molecular flexibility index (Phi) is 5.05. The van der Waals surface area contributed by atoms with Crippen molar-refractivity contribution in [3.8, 4) is 0 Å². The summed E-state index contributed by atoms with van der Waals surface area (Å²) >= 11 is 0. The molecule has 0 atom stereocenters. The molecule has 122 valence electrons. The van der Waals surface area contributed by atoms with E-state index in [1.165, 1.54) is 0 Å². The lowest BCUT2D eigenvalue weighted by atomic mass is 10.1. The van der Waals surface area contributed by atoms with Crippen molar-refractivity contribution in [2.75, 3.05) is 22.4 Å². The smallest absolute Gasteiger partial charge is 0.245 e. The molecule has 0 heterocycles. The van der Waals surface area contributed by atoms with Crippen LogP contribution in [0.2, 0.25) is 0 Å². The van der Waals surface area contributed by atoms with Crippen molar-refractivity contribution in [2.45, 2.75) is 13.8 Å². The molecular formula is C17H20N2O3S. The van der Waals surface area contributed by atoms with Crippen molar-refractivity contribution in [3.05, 3.63) is 59.7 Å². The van der Waals surface area contributed by atoms with Crippen molar-refractivity contribution >= 4 is 27.3 Å². The Morgan fingerprint density at radius 1 is 1.09 bits per heavy atom. The second-order valence-electron chi connectivity index (χ2n) is 5.47. The van der Waals surface area contributed by atoms with Crippen LogP contribution in [0.25, 0.3) is 0 Å². The monoisotopic (exact) mass is 332 g/mol. The van der Waals surface area contributed by atoms with Gasteiger partial charge in [-0.2, -0.15) is 0 Å². The Hall–Kier alpha value is -2.34. The molecule has 0 aliphatic heterocycles. The molecule has 2 rings (SSSR count). The number of carbonyl (C=O) groups excluding carboxylic acids is 1. The van der Waals surface area contributed by atoms with Gasteiger partial charge in [0.05, 0.1) is 11.9 Å². The number of sulfonamides is 1. The Morgan fingerprint density at radius 3 is 2.30 bits per heavy atom. The largest absolute Gasteiger partial charge is 0.325 e. The predicted molar refractivity (Wildman–Crippen MR) is 93.2 cm³/mol. The molecular weight excluding hydrogens is 312 g/mol. The minimum absolute atomic E-state index is 0.266. The Morgan fingerprint density at radius 2 is 1.74 bits per heavy atom. The average Bonchev–Trinajstić information content (AvgIpc) is 2.45. The van der Waals surface area contributed by atoms with E-state index in [2.05, 4.69) is 5.32 Å². The SMILES string of the molecule is Cc1ccc(N(CC(=O)Nc2ccccc2)S(C)(=O)=O)c(C)c1. The third-order valence-electron chi connectivity index (χ3n) is 3.37. The number of carbonyl (C=O) groups is 1. The van der Waals surface area contributed by atoms with Crippen molar-refractivity contribution < 1.29 is 13.2 Å². The summed E-state index contributed by atoms with van der Waals surface area (Å²) in [5.74, 6) is -0.387. The van der Waals surface area contributed by atoms with E-state index in [0.29, 0.717) is 11.4 Å². The molecule has 0 fully saturated rings. The highest BCUT2D eigenvalue weighted by Gasteiger charge is 2.22. The summed E-state index contributed by atoms with van der Waals surface area (Å²) in [4.78, 5) is 12.2. The summed E-state index contributed by atoms with van der Waals surface area (Å²) in [6.07, 6.45) is 1.10. The van der Waals surface area contributed by atoms with Crippen molar-refractivity contribution in [2.24, 2.45) is 0 Å². The van der Waals surface area contributed by atoms with Crippen LogP contribution in [-0.4, -0.2) is 27.1 Å². The molecule has 1 N–H and O–H groups in total. The highest BCUT2D eigenvalue weighted by molar-refractivity contribution is 7.92. The highest BCUT2D eigenvalue weighted by atomic mass is 32.2. The third-order valence-corrected chi connectivity index (χ3v) is 4.49. The molecule has 2 aromatic rings. The van der Waals surface area contributed by atoms with Gasteiger partial charge in [-0.05, 0) is 37.6 Å². The highest BCUT2D eigenvalue weighted by Crippen LogP contribution is 2.23. The summed E-state index contributed by atoms with van der Waals surface area (Å²) in [6.45, 7) is 3.50. The van der Waals surface area contributed by atoms with Crippen molar-refractivity contribution in [1.82, 2.24) is 0 Å². The molecule has 0 saturated heterocycles. The van der Waals surface area contributed by atoms with Gasteiger partial charge in [-0.25, -0.2) is 8.42 Å². The Bertz CT molecular complexity index is 802. The van der Waals surface area contributed by atoms with Gasteiger partial charge in [0.15, 0.2) is 0 Å². The van der Waals surface area contributed by atoms with Crippen LogP contribution in [0.3, 0.4) is 0 Å². The fourth-order valence-corrected chi connectivity index (χ4v) is 3.23. The van der Waals surface area contributed by atoms with Crippen LogP contribution >= 0.6 is 0 Å². The molecule has 0 bridgehead atoms. The van der Waals surface area contributed by atoms with E-state index in [9.17, 15) is 13.2 Å².